The Bertz CT molecular complexity index is 1360. The number of carbonyl (C=O) groups excluding carboxylic acids is 1. The van der Waals surface area contributed by atoms with Crippen LogP contribution in [0.2, 0.25) is 10.0 Å². The molecule has 0 saturated carbocycles. The van der Waals surface area contributed by atoms with Crippen LogP contribution in [0.5, 0.6) is 0 Å². The van der Waals surface area contributed by atoms with Gasteiger partial charge >= 0.3 is 0 Å². The molecule has 34 heavy (non-hydrogen) atoms. The molecule has 2 heterocycles. The van der Waals surface area contributed by atoms with E-state index in [1.807, 2.05) is 71.8 Å². The Balaban J connectivity index is 1.69. The summed E-state index contributed by atoms with van der Waals surface area (Å²) in [5.41, 5.74) is 3.19. The second-order valence-electron chi connectivity index (χ2n) is 7.60. The van der Waals surface area contributed by atoms with Gasteiger partial charge in [-0.3, -0.25) is 4.79 Å². The molecule has 0 saturated heterocycles. The largest absolute Gasteiger partial charge is 0.292 e. The lowest BCUT2D eigenvalue weighted by atomic mass is 10.1. The van der Waals surface area contributed by atoms with Crippen LogP contribution >= 0.6 is 50.9 Å². The van der Waals surface area contributed by atoms with Crippen molar-refractivity contribution in [3.63, 3.8) is 0 Å². The van der Waals surface area contributed by atoms with Gasteiger partial charge in [0.2, 0.25) is 4.99 Å². The first-order chi connectivity index (χ1) is 16.4. The first-order valence-corrected chi connectivity index (χ1v) is 12.7. The number of nitrogens with zero attached hydrogens (tertiary/aromatic N) is 4. The number of halogens is 3. The van der Waals surface area contributed by atoms with Crippen molar-refractivity contribution in [2.75, 3.05) is 10.0 Å². The number of allylic oxidation sites excluding steroid dienone is 1. The van der Waals surface area contributed by atoms with E-state index < -0.39 is 4.99 Å². The molecule has 1 atom stereocenters. The Morgan fingerprint density at radius 3 is 2.38 bits per heavy atom. The van der Waals surface area contributed by atoms with E-state index in [1.54, 1.807) is 23.2 Å². The molecule has 170 valence electrons. The number of hydrogen-bond donors (Lipinski definition) is 0. The Morgan fingerprint density at radius 1 is 0.971 bits per heavy atom. The molecule has 0 N–H and O–H groups in total. The lowest BCUT2D eigenvalue weighted by Gasteiger charge is -2.43. The third-order valence-electron chi connectivity index (χ3n) is 5.29. The van der Waals surface area contributed by atoms with Gasteiger partial charge in [0.15, 0.2) is 10.8 Å². The predicted octanol–water partition coefficient (Wildman–Crippen LogP) is 7.35. The van der Waals surface area contributed by atoms with Crippen LogP contribution in [0.3, 0.4) is 0 Å². The molecule has 3 aromatic carbocycles. The molecule has 0 aliphatic carbocycles. The minimum absolute atomic E-state index is 0.138. The number of thioether (sulfide) groups is 1. The first kappa shape index (κ1) is 23.2. The van der Waals surface area contributed by atoms with Crippen LogP contribution in [-0.2, 0) is 4.79 Å². The van der Waals surface area contributed by atoms with E-state index in [9.17, 15) is 4.79 Å². The van der Waals surface area contributed by atoms with Gasteiger partial charge in [-0.15, -0.1) is 0 Å². The van der Waals surface area contributed by atoms with Gasteiger partial charge in [0.1, 0.15) is 0 Å². The lowest BCUT2D eigenvalue weighted by Crippen LogP contribution is -2.53. The van der Waals surface area contributed by atoms with E-state index in [1.165, 1.54) is 18.7 Å². The monoisotopic (exact) mass is 570 g/mol. The van der Waals surface area contributed by atoms with Crippen LogP contribution in [0.1, 0.15) is 12.5 Å². The Labute approximate surface area is 219 Å². The Hall–Kier alpha value is -2.58. The van der Waals surface area contributed by atoms with Gasteiger partial charge in [0.25, 0.3) is 0 Å². The minimum atomic E-state index is -0.987. The Morgan fingerprint density at radius 2 is 1.71 bits per heavy atom. The molecule has 2 aliphatic rings. The topological polar surface area (TPSA) is 48.3 Å². The summed E-state index contributed by atoms with van der Waals surface area (Å²) in [6, 6.07) is 22.9. The number of para-hydroxylation sites is 1. The zero-order valence-corrected chi connectivity index (χ0v) is 21.7. The SMILES string of the molecule is CC(=O)C1=NN(c2ccc(Cl)cc2Cl)[C@]2(C=CC(c3ccc(Br)cc3)=NN2c2ccccc2)S1. The van der Waals surface area contributed by atoms with E-state index in [4.69, 9.17) is 28.3 Å². The molecule has 1 spiro atoms. The number of ketones is 1. The molecule has 9 heteroatoms. The maximum absolute atomic E-state index is 12.4. The van der Waals surface area contributed by atoms with Gasteiger partial charge < -0.3 is 0 Å². The van der Waals surface area contributed by atoms with E-state index in [0.717, 1.165) is 21.4 Å². The summed E-state index contributed by atoms with van der Waals surface area (Å²) < 4.78 is 0.988. The first-order valence-electron chi connectivity index (χ1n) is 10.3. The summed E-state index contributed by atoms with van der Waals surface area (Å²) in [6.07, 6.45) is 3.95. The van der Waals surface area contributed by atoms with Crippen LogP contribution in [0.4, 0.5) is 11.4 Å². The summed E-state index contributed by atoms with van der Waals surface area (Å²) in [7, 11) is 0. The summed E-state index contributed by atoms with van der Waals surface area (Å²) in [5.74, 6) is -0.138. The number of anilines is 2. The van der Waals surface area contributed by atoms with Crippen LogP contribution in [0.25, 0.3) is 0 Å². The van der Waals surface area contributed by atoms with Gasteiger partial charge in [-0.05, 0) is 66.4 Å². The van der Waals surface area contributed by atoms with E-state index in [2.05, 4.69) is 21.0 Å². The van der Waals surface area contributed by atoms with Crippen molar-refractivity contribution in [2.24, 2.45) is 10.2 Å². The predicted molar refractivity (Wildman–Crippen MR) is 146 cm³/mol. The second kappa shape index (κ2) is 9.23. The molecule has 5 nitrogen and oxygen atoms in total. The van der Waals surface area contributed by atoms with Gasteiger partial charge in [-0.25, -0.2) is 10.0 Å². The number of rotatable bonds is 4. The van der Waals surface area contributed by atoms with Gasteiger partial charge in [0.05, 0.1) is 22.1 Å². The maximum atomic E-state index is 12.4. The summed E-state index contributed by atoms with van der Waals surface area (Å²) >= 11 is 17.6. The molecular formula is C25H17BrCl2N4OS. The lowest BCUT2D eigenvalue weighted by molar-refractivity contribution is -0.110. The highest BCUT2D eigenvalue weighted by atomic mass is 79.9. The van der Waals surface area contributed by atoms with E-state index in [-0.39, 0.29) is 5.78 Å². The summed E-state index contributed by atoms with van der Waals surface area (Å²) in [5, 5.41) is 14.6. The summed E-state index contributed by atoms with van der Waals surface area (Å²) in [6.45, 7) is 1.50. The van der Waals surface area contributed by atoms with Crippen molar-refractivity contribution in [3.8, 4) is 0 Å². The number of hydrazone groups is 2. The number of carbonyl (C=O) groups is 1. The second-order valence-corrected chi connectivity index (χ2v) is 10.6. The molecule has 3 aromatic rings. The normalized spacial score (nSPS) is 19.4. The van der Waals surface area contributed by atoms with Crippen molar-refractivity contribution >= 4 is 78.8 Å². The fraction of sp³-hybridized carbons (Fsp3) is 0.0800. The molecule has 5 rings (SSSR count). The maximum Gasteiger partial charge on any atom is 0.227 e. The highest BCUT2D eigenvalue weighted by Crippen LogP contribution is 2.49. The van der Waals surface area contributed by atoms with Crippen molar-refractivity contribution in [1.82, 2.24) is 0 Å². The molecule has 0 bridgehead atoms. The van der Waals surface area contributed by atoms with Gasteiger partial charge in [0, 0.05) is 22.0 Å². The molecule has 0 unspecified atom stereocenters. The van der Waals surface area contributed by atoms with Gasteiger partial charge in [-0.2, -0.15) is 10.2 Å². The average molecular weight is 572 g/mol. The molecular weight excluding hydrogens is 555 g/mol. The molecule has 0 aromatic heterocycles. The van der Waals surface area contributed by atoms with Gasteiger partial charge in [-0.1, -0.05) is 69.5 Å². The Kier molecular flexibility index (Phi) is 6.29. The molecule has 2 aliphatic heterocycles. The zero-order chi connectivity index (χ0) is 23.9. The van der Waals surface area contributed by atoms with Crippen molar-refractivity contribution < 1.29 is 4.79 Å². The highest BCUT2D eigenvalue weighted by molar-refractivity contribution is 9.10. The minimum Gasteiger partial charge on any atom is -0.292 e. The van der Waals surface area contributed by atoms with Crippen molar-refractivity contribution in [3.05, 3.63) is 105 Å². The van der Waals surface area contributed by atoms with Crippen LogP contribution in [0.15, 0.2) is 99.6 Å². The number of benzene rings is 3. The standard InChI is InChI=1S/C25H17BrCl2N4OS/c1-16(33)24-30-32(23-12-11-19(27)15-21(23)28)25(34-24)14-13-22(17-7-9-18(26)10-8-17)29-31(25)20-5-3-2-4-6-20/h2-15H,1H3/t25-/m1/s1. The smallest absolute Gasteiger partial charge is 0.227 e. The third kappa shape index (κ3) is 4.18. The average Bonchev–Trinajstić information content (AvgIpc) is 3.20. The van der Waals surface area contributed by atoms with E-state index >= 15 is 0 Å². The fourth-order valence-electron chi connectivity index (χ4n) is 3.69. The van der Waals surface area contributed by atoms with Crippen molar-refractivity contribution in [2.45, 2.75) is 11.9 Å². The van der Waals surface area contributed by atoms with Crippen LogP contribution in [0, 0.1) is 0 Å². The van der Waals surface area contributed by atoms with Crippen LogP contribution in [-0.4, -0.2) is 21.5 Å². The third-order valence-corrected chi connectivity index (χ3v) is 7.70. The quantitative estimate of drug-likeness (QED) is 0.328. The molecule has 0 amide bonds. The molecule has 0 fully saturated rings. The fourth-order valence-corrected chi connectivity index (χ4v) is 5.58. The zero-order valence-electron chi connectivity index (χ0n) is 17.8. The highest BCUT2D eigenvalue weighted by Gasteiger charge is 2.51. The number of hydrogen-bond acceptors (Lipinski definition) is 6. The van der Waals surface area contributed by atoms with E-state index in [0.29, 0.717) is 20.8 Å². The molecule has 0 radical (unpaired) electrons. The summed E-state index contributed by atoms with van der Waals surface area (Å²) in [4.78, 5) is 11.4. The van der Waals surface area contributed by atoms with Crippen LogP contribution < -0.4 is 10.0 Å². The van der Waals surface area contributed by atoms with Crippen molar-refractivity contribution in [1.29, 1.82) is 0 Å². The number of Topliss-reactive ketones (excluding diaryl/α,β-unsaturated/α-hetero) is 1.